The van der Waals surface area contributed by atoms with Crippen LogP contribution in [0.15, 0.2) is 18.2 Å². The van der Waals surface area contributed by atoms with E-state index in [-0.39, 0.29) is 0 Å². The molecule has 4 heteroatoms. The normalized spacial score (nSPS) is 16.1. The average Bonchev–Trinajstić information content (AvgIpc) is 3.00. The van der Waals surface area contributed by atoms with Crippen LogP contribution in [0, 0.1) is 6.92 Å². The molecule has 100 valence electrons. The van der Waals surface area contributed by atoms with Crippen molar-refractivity contribution in [3.05, 3.63) is 33.7 Å². The summed E-state index contributed by atoms with van der Waals surface area (Å²) >= 11 is 7.77. The average molecular weight is 293 g/mol. The van der Waals surface area contributed by atoms with Gasteiger partial charge >= 0.3 is 0 Å². The Kier molecular flexibility index (Phi) is 3.50. The van der Waals surface area contributed by atoms with Crippen LogP contribution in [0.25, 0.3) is 11.3 Å². The van der Waals surface area contributed by atoms with E-state index >= 15 is 0 Å². The highest BCUT2D eigenvalue weighted by molar-refractivity contribution is 7.15. The lowest BCUT2D eigenvalue weighted by molar-refractivity contribution is 0.738. The number of anilines is 1. The summed E-state index contributed by atoms with van der Waals surface area (Å²) in [6, 6.07) is 5.97. The van der Waals surface area contributed by atoms with Gasteiger partial charge in [-0.25, -0.2) is 4.98 Å². The van der Waals surface area contributed by atoms with Crippen LogP contribution < -0.4 is 5.73 Å². The van der Waals surface area contributed by atoms with E-state index in [4.69, 9.17) is 17.3 Å². The van der Waals surface area contributed by atoms with Crippen molar-refractivity contribution in [1.29, 1.82) is 0 Å². The quantitative estimate of drug-likeness (QED) is 0.845. The van der Waals surface area contributed by atoms with Gasteiger partial charge in [0.2, 0.25) is 0 Å². The van der Waals surface area contributed by atoms with E-state index in [1.165, 1.54) is 36.1 Å². The summed E-state index contributed by atoms with van der Waals surface area (Å²) in [5.41, 5.74) is 9.33. The van der Waals surface area contributed by atoms with Crippen molar-refractivity contribution in [3.8, 4) is 11.3 Å². The number of hydrogen-bond acceptors (Lipinski definition) is 3. The molecule has 0 unspecified atom stereocenters. The van der Waals surface area contributed by atoms with Gasteiger partial charge in [-0.2, -0.15) is 0 Å². The lowest BCUT2D eigenvalue weighted by Gasteiger charge is -2.11. The van der Waals surface area contributed by atoms with Gasteiger partial charge in [0.15, 0.2) is 5.13 Å². The Balaban J connectivity index is 2.11. The summed E-state index contributed by atoms with van der Waals surface area (Å²) in [6.45, 7) is 2.10. The van der Waals surface area contributed by atoms with E-state index in [0.717, 1.165) is 16.3 Å². The van der Waals surface area contributed by atoms with Crippen LogP contribution >= 0.6 is 22.9 Å². The van der Waals surface area contributed by atoms with Crippen LogP contribution in [0.5, 0.6) is 0 Å². The Morgan fingerprint density at radius 3 is 2.79 bits per heavy atom. The van der Waals surface area contributed by atoms with Gasteiger partial charge in [-0.1, -0.05) is 30.5 Å². The number of aryl methyl sites for hydroxylation is 1. The summed E-state index contributed by atoms with van der Waals surface area (Å²) in [6.07, 6.45) is 5.15. The Morgan fingerprint density at radius 2 is 2.05 bits per heavy atom. The first-order chi connectivity index (χ1) is 9.15. The Morgan fingerprint density at radius 1 is 1.32 bits per heavy atom. The fourth-order valence-corrected chi connectivity index (χ4v) is 4.05. The summed E-state index contributed by atoms with van der Waals surface area (Å²) in [7, 11) is 0. The van der Waals surface area contributed by atoms with Gasteiger partial charge in [0.1, 0.15) is 0 Å². The first-order valence-electron chi connectivity index (χ1n) is 6.68. The molecule has 0 bridgehead atoms. The first kappa shape index (κ1) is 12.9. The number of rotatable bonds is 2. The number of aromatic nitrogens is 1. The number of benzene rings is 1. The highest BCUT2D eigenvalue weighted by atomic mass is 35.5. The number of hydrogen-bond donors (Lipinski definition) is 1. The van der Waals surface area contributed by atoms with Crippen molar-refractivity contribution in [2.75, 3.05) is 5.73 Å². The van der Waals surface area contributed by atoms with Crippen LogP contribution in [0.2, 0.25) is 5.02 Å². The van der Waals surface area contributed by atoms with E-state index < -0.39 is 0 Å². The Bertz CT molecular complexity index is 600. The molecule has 1 aliphatic rings. The molecular weight excluding hydrogens is 276 g/mol. The summed E-state index contributed by atoms with van der Waals surface area (Å²) < 4.78 is 0. The largest absolute Gasteiger partial charge is 0.375 e. The predicted molar refractivity (Wildman–Crippen MR) is 82.9 cm³/mol. The van der Waals surface area contributed by atoms with E-state index in [0.29, 0.717) is 11.0 Å². The fraction of sp³-hybridized carbons (Fsp3) is 0.400. The van der Waals surface area contributed by atoms with Crippen LogP contribution in [-0.2, 0) is 0 Å². The van der Waals surface area contributed by atoms with Crippen molar-refractivity contribution in [3.63, 3.8) is 0 Å². The zero-order valence-electron chi connectivity index (χ0n) is 10.9. The monoisotopic (exact) mass is 292 g/mol. The molecule has 1 aromatic carbocycles. The van der Waals surface area contributed by atoms with Crippen molar-refractivity contribution < 1.29 is 0 Å². The first-order valence-corrected chi connectivity index (χ1v) is 7.87. The van der Waals surface area contributed by atoms with Crippen molar-refractivity contribution >= 4 is 28.1 Å². The molecule has 0 spiro atoms. The molecule has 2 nitrogen and oxygen atoms in total. The van der Waals surface area contributed by atoms with Gasteiger partial charge in [-0.15, -0.1) is 11.3 Å². The minimum Gasteiger partial charge on any atom is -0.375 e. The van der Waals surface area contributed by atoms with Gasteiger partial charge in [-0.3, -0.25) is 0 Å². The molecule has 0 atom stereocenters. The third kappa shape index (κ3) is 2.49. The van der Waals surface area contributed by atoms with Crippen molar-refractivity contribution in [2.24, 2.45) is 0 Å². The van der Waals surface area contributed by atoms with E-state index in [1.54, 1.807) is 11.3 Å². The van der Waals surface area contributed by atoms with Gasteiger partial charge in [0, 0.05) is 15.5 Å². The zero-order chi connectivity index (χ0) is 13.4. The van der Waals surface area contributed by atoms with Crippen LogP contribution in [0.4, 0.5) is 5.13 Å². The number of halogens is 1. The topological polar surface area (TPSA) is 38.9 Å². The van der Waals surface area contributed by atoms with Gasteiger partial charge in [0.05, 0.1) is 5.69 Å². The molecule has 2 N–H and O–H groups in total. The second-order valence-corrected chi connectivity index (χ2v) is 6.70. The van der Waals surface area contributed by atoms with Gasteiger partial charge in [0.25, 0.3) is 0 Å². The third-order valence-electron chi connectivity index (χ3n) is 3.85. The summed E-state index contributed by atoms with van der Waals surface area (Å²) in [5.74, 6) is 0.628. The minimum atomic E-state index is 0.628. The fourth-order valence-electron chi connectivity index (χ4n) is 2.86. The molecule has 0 radical (unpaired) electrons. The van der Waals surface area contributed by atoms with E-state index in [2.05, 4.69) is 11.9 Å². The molecule has 1 fully saturated rings. The molecule has 0 amide bonds. The molecule has 0 aliphatic heterocycles. The minimum absolute atomic E-state index is 0.628. The second-order valence-electron chi connectivity index (χ2n) is 5.21. The van der Waals surface area contributed by atoms with Gasteiger partial charge in [-0.05, 0) is 43.4 Å². The molecule has 1 aliphatic carbocycles. The molecule has 1 saturated carbocycles. The second kappa shape index (κ2) is 5.14. The lowest BCUT2D eigenvalue weighted by Crippen LogP contribution is -1.94. The Labute approximate surface area is 122 Å². The highest BCUT2D eigenvalue weighted by Gasteiger charge is 2.24. The molecule has 1 heterocycles. The zero-order valence-corrected chi connectivity index (χ0v) is 12.5. The predicted octanol–water partition coefficient (Wildman–Crippen LogP) is 5.01. The number of nitrogens with two attached hydrogens (primary N) is 1. The maximum atomic E-state index is 6.13. The van der Waals surface area contributed by atoms with Crippen LogP contribution in [-0.4, -0.2) is 4.98 Å². The van der Waals surface area contributed by atoms with E-state index in [9.17, 15) is 0 Å². The summed E-state index contributed by atoms with van der Waals surface area (Å²) in [4.78, 5) is 5.91. The third-order valence-corrected chi connectivity index (χ3v) is 5.13. The van der Waals surface area contributed by atoms with Gasteiger partial charge < -0.3 is 5.73 Å². The maximum absolute atomic E-state index is 6.13. The molecule has 2 aromatic rings. The molecule has 1 aromatic heterocycles. The lowest BCUT2D eigenvalue weighted by atomic mass is 9.98. The SMILES string of the molecule is Cc1ccc(Cl)cc1-c1nc(N)sc1C1CCCC1. The molecule has 0 saturated heterocycles. The smallest absolute Gasteiger partial charge is 0.180 e. The Hall–Kier alpha value is -1.06. The van der Waals surface area contributed by atoms with Crippen molar-refractivity contribution in [2.45, 2.75) is 38.5 Å². The standard InChI is InChI=1S/C15H17ClN2S/c1-9-6-7-11(16)8-12(9)13-14(19-15(17)18-13)10-4-2-3-5-10/h6-8,10H,2-5H2,1H3,(H2,17,18). The molecular formula is C15H17ClN2S. The summed E-state index contributed by atoms with van der Waals surface area (Å²) in [5, 5.41) is 1.42. The van der Waals surface area contributed by atoms with Crippen LogP contribution in [0.3, 0.4) is 0 Å². The maximum Gasteiger partial charge on any atom is 0.180 e. The van der Waals surface area contributed by atoms with Crippen molar-refractivity contribution in [1.82, 2.24) is 4.98 Å². The molecule has 3 rings (SSSR count). The molecule has 19 heavy (non-hydrogen) atoms. The number of nitrogen functional groups attached to an aromatic ring is 1. The number of nitrogens with zero attached hydrogens (tertiary/aromatic N) is 1. The number of thiazole rings is 1. The van der Waals surface area contributed by atoms with E-state index in [1.807, 2.05) is 18.2 Å². The highest BCUT2D eigenvalue weighted by Crippen LogP contribution is 2.43. The van der Waals surface area contributed by atoms with Crippen LogP contribution in [0.1, 0.15) is 42.0 Å².